The number of hydrogen-bond donors (Lipinski definition) is 1. The van der Waals surface area contributed by atoms with Crippen molar-refractivity contribution in [2.75, 3.05) is 11.1 Å². The number of aryl methyl sites for hydroxylation is 1. The number of ketones is 1. The van der Waals surface area contributed by atoms with Crippen molar-refractivity contribution in [2.45, 2.75) is 11.3 Å². The van der Waals surface area contributed by atoms with Crippen molar-refractivity contribution in [1.82, 2.24) is 20.4 Å². The van der Waals surface area contributed by atoms with Gasteiger partial charge in [-0.2, -0.15) is 0 Å². The Bertz CT molecular complexity index is 1080. The first-order chi connectivity index (χ1) is 13.7. The molecular weight excluding hydrogens is 394 g/mol. The summed E-state index contributed by atoms with van der Waals surface area (Å²) in [4.78, 5) is 12.3. The number of nitrogens with zero attached hydrogens (tertiary/aromatic N) is 4. The summed E-state index contributed by atoms with van der Waals surface area (Å²) in [6.07, 6.45) is 0. The maximum atomic E-state index is 12.3. The topological polar surface area (TPSA) is 93.8 Å². The lowest BCUT2D eigenvalue weighted by Crippen LogP contribution is -2.02. The second kappa shape index (κ2) is 8.32. The van der Waals surface area contributed by atoms with Gasteiger partial charge in [-0.3, -0.25) is 4.79 Å². The minimum absolute atomic E-state index is 0.00567. The number of thioether (sulfide) groups is 1. The van der Waals surface area contributed by atoms with Crippen molar-refractivity contribution in [1.29, 1.82) is 0 Å². The molecule has 7 nitrogen and oxygen atoms in total. The molecule has 0 saturated heterocycles. The minimum atomic E-state index is -0.247. The summed E-state index contributed by atoms with van der Waals surface area (Å²) >= 11 is 2.67. The van der Waals surface area contributed by atoms with E-state index in [0.717, 1.165) is 11.3 Å². The first-order valence-corrected chi connectivity index (χ1v) is 10.2. The second-order valence-electron chi connectivity index (χ2n) is 5.85. The quantitative estimate of drug-likeness (QED) is 0.349. The number of carbonyl (C=O) groups excluding carboxylic acids is 1. The largest absolute Gasteiger partial charge is 0.414 e. The summed E-state index contributed by atoms with van der Waals surface area (Å²) in [5.41, 5.74) is 2.90. The Hall–Kier alpha value is -3.04. The highest BCUT2D eigenvalue weighted by Gasteiger charge is 2.17. The fourth-order valence-corrected chi connectivity index (χ4v) is 3.92. The van der Waals surface area contributed by atoms with Gasteiger partial charge in [0, 0.05) is 11.3 Å². The monoisotopic (exact) mass is 409 g/mol. The van der Waals surface area contributed by atoms with Gasteiger partial charge in [-0.05, 0) is 31.2 Å². The zero-order valence-corrected chi connectivity index (χ0v) is 16.5. The molecule has 4 rings (SSSR count). The van der Waals surface area contributed by atoms with E-state index in [1.807, 2.05) is 61.5 Å². The van der Waals surface area contributed by atoms with Crippen LogP contribution in [0.4, 0.5) is 10.8 Å². The fourth-order valence-electron chi connectivity index (χ4n) is 2.30. The number of nitrogens with one attached hydrogen (secondary N) is 1. The summed E-state index contributed by atoms with van der Waals surface area (Å²) in [7, 11) is 0. The van der Waals surface area contributed by atoms with Crippen LogP contribution in [-0.2, 0) is 0 Å². The number of benzene rings is 2. The molecule has 140 valence electrons. The van der Waals surface area contributed by atoms with Gasteiger partial charge in [0.25, 0.3) is 5.89 Å². The third-order valence-electron chi connectivity index (χ3n) is 3.72. The molecule has 0 radical (unpaired) electrons. The van der Waals surface area contributed by atoms with Crippen LogP contribution in [0.15, 0.2) is 63.4 Å². The lowest BCUT2D eigenvalue weighted by Gasteiger charge is -2.01. The molecule has 9 heteroatoms. The smallest absolute Gasteiger partial charge is 0.285 e. The molecule has 0 aliphatic rings. The molecule has 0 spiro atoms. The van der Waals surface area contributed by atoms with Gasteiger partial charge in [-0.25, -0.2) is 0 Å². The summed E-state index contributed by atoms with van der Waals surface area (Å²) in [5, 5.41) is 19.9. The van der Waals surface area contributed by atoms with Gasteiger partial charge in [0.15, 0.2) is 4.34 Å². The van der Waals surface area contributed by atoms with E-state index in [4.69, 9.17) is 4.42 Å². The summed E-state index contributed by atoms with van der Waals surface area (Å²) < 4.78 is 6.17. The molecule has 0 saturated carbocycles. The molecule has 0 bridgehead atoms. The maximum Gasteiger partial charge on any atom is 0.285 e. The van der Waals surface area contributed by atoms with Crippen molar-refractivity contribution in [3.05, 3.63) is 66.1 Å². The Labute approximate surface area is 169 Å². The molecule has 0 atom stereocenters. The molecule has 0 aliphatic carbocycles. The van der Waals surface area contributed by atoms with Crippen LogP contribution < -0.4 is 5.32 Å². The van der Waals surface area contributed by atoms with Crippen LogP contribution in [0.5, 0.6) is 0 Å². The van der Waals surface area contributed by atoms with E-state index in [9.17, 15) is 4.79 Å². The zero-order chi connectivity index (χ0) is 19.3. The predicted octanol–water partition coefficient (Wildman–Crippen LogP) is 4.62. The Morgan fingerprint density at radius 1 is 1.04 bits per heavy atom. The predicted molar refractivity (Wildman–Crippen MR) is 109 cm³/mol. The van der Waals surface area contributed by atoms with Gasteiger partial charge in [0.05, 0.1) is 5.75 Å². The number of hydrogen-bond acceptors (Lipinski definition) is 9. The molecule has 2 heterocycles. The molecule has 2 aromatic carbocycles. The van der Waals surface area contributed by atoms with Gasteiger partial charge >= 0.3 is 0 Å². The average molecular weight is 409 g/mol. The Kier molecular flexibility index (Phi) is 5.45. The zero-order valence-electron chi connectivity index (χ0n) is 14.8. The van der Waals surface area contributed by atoms with Crippen molar-refractivity contribution < 1.29 is 9.21 Å². The number of rotatable bonds is 7. The summed E-state index contributed by atoms with van der Waals surface area (Å²) in [6, 6.07) is 17.3. The first kappa shape index (κ1) is 18.3. The Morgan fingerprint density at radius 3 is 2.61 bits per heavy atom. The highest BCUT2D eigenvalue weighted by molar-refractivity contribution is 8.01. The molecule has 0 fully saturated rings. The van der Waals surface area contributed by atoms with Crippen LogP contribution >= 0.6 is 23.1 Å². The molecule has 0 amide bonds. The average Bonchev–Trinajstić information content (AvgIpc) is 3.38. The van der Waals surface area contributed by atoms with Gasteiger partial charge in [-0.1, -0.05) is 59.0 Å². The fraction of sp³-hybridized carbons (Fsp3) is 0.105. The lowest BCUT2D eigenvalue weighted by atomic mass is 10.2. The van der Waals surface area contributed by atoms with Crippen LogP contribution in [0.2, 0.25) is 0 Å². The van der Waals surface area contributed by atoms with Crippen LogP contribution in [-0.4, -0.2) is 31.9 Å². The molecule has 1 N–H and O–H groups in total. The number of carbonyl (C=O) groups is 1. The van der Waals surface area contributed by atoms with Crippen LogP contribution in [0.25, 0.3) is 11.5 Å². The van der Waals surface area contributed by atoms with Crippen molar-refractivity contribution in [3.8, 4) is 11.5 Å². The van der Waals surface area contributed by atoms with E-state index in [1.165, 1.54) is 28.7 Å². The van der Waals surface area contributed by atoms with Gasteiger partial charge in [-0.15, -0.1) is 20.4 Å². The van der Waals surface area contributed by atoms with Crippen molar-refractivity contribution >= 4 is 39.7 Å². The molecule has 4 aromatic rings. The van der Waals surface area contributed by atoms with Crippen LogP contribution in [0.3, 0.4) is 0 Å². The highest BCUT2D eigenvalue weighted by atomic mass is 32.2. The number of anilines is 2. The summed E-state index contributed by atoms with van der Waals surface area (Å²) in [6.45, 7) is 2.03. The van der Waals surface area contributed by atoms with E-state index in [2.05, 4.69) is 25.7 Å². The SMILES string of the molecule is Cc1ccc(Nc2nnc(SCC(=O)c3nnc(-c4ccccc4)o3)s2)cc1. The third kappa shape index (κ3) is 4.44. The third-order valence-corrected chi connectivity index (χ3v) is 5.69. The van der Waals surface area contributed by atoms with E-state index in [-0.39, 0.29) is 17.4 Å². The normalized spacial score (nSPS) is 10.8. The molecule has 0 aliphatic heterocycles. The van der Waals surface area contributed by atoms with E-state index >= 15 is 0 Å². The van der Waals surface area contributed by atoms with E-state index in [0.29, 0.717) is 15.4 Å². The van der Waals surface area contributed by atoms with E-state index < -0.39 is 0 Å². The minimum Gasteiger partial charge on any atom is -0.414 e. The van der Waals surface area contributed by atoms with Crippen LogP contribution in [0.1, 0.15) is 16.2 Å². The summed E-state index contributed by atoms with van der Waals surface area (Å²) in [5.74, 6) is 0.224. The van der Waals surface area contributed by atoms with Crippen molar-refractivity contribution in [2.24, 2.45) is 0 Å². The molecule has 0 unspecified atom stereocenters. The molecular formula is C19H15N5O2S2. The highest BCUT2D eigenvalue weighted by Crippen LogP contribution is 2.28. The molecule has 28 heavy (non-hydrogen) atoms. The molecule has 2 aromatic heterocycles. The second-order valence-corrected chi connectivity index (χ2v) is 8.05. The maximum absolute atomic E-state index is 12.3. The van der Waals surface area contributed by atoms with Crippen LogP contribution in [0, 0.1) is 6.92 Å². The Balaban J connectivity index is 1.34. The van der Waals surface area contributed by atoms with Crippen molar-refractivity contribution in [3.63, 3.8) is 0 Å². The first-order valence-electron chi connectivity index (χ1n) is 8.39. The van der Waals surface area contributed by atoms with Gasteiger partial charge < -0.3 is 9.73 Å². The number of Topliss-reactive ketones (excluding diaryl/α,β-unsaturated/α-hetero) is 1. The Morgan fingerprint density at radius 2 is 1.82 bits per heavy atom. The number of aromatic nitrogens is 4. The van der Waals surface area contributed by atoms with Gasteiger partial charge in [0.1, 0.15) is 0 Å². The lowest BCUT2D eigenvalue weighted by molar-refractivity contribution is 0.0986. The van der Waals surface area contributed by atoms with Gasteiger partial charge in [0.2, 0.25) is 16.8 Å². The van der Waals surface area contributed by atoms with E-state index in [1.54, 1.807) is 0 Å². The standard InChI is InChI=1S/C19H15N5O2S2/c1-12-7-9-14(10-8-12)20-18-23-24-19(28-18)27-11-15(25)17-22-21-16(26-17)13-5-3-2-4-6-13/h2-10H,11H2,1H3,(H,20,23).